The van der Waals surface area contributed by atoms with E-state index >= 15 is 0 Å². The maximum atomic E-state index is 4.58. The SMILES string of the molecule is C(=C\c1ccc2ccc[nH]c1-2)/c1ccc2c(/C=C/c3ccc4ccc[nH]c3-4)nnc-2cn1. The Kier molecular flexibility index (Phi) is 4.36. The van der Waals surface area contributed by atoms with Gasteiger partial charge in [0.1, 0.15) is 5.69 Å². The Bertz CT molecular complexity index is 1490. The van der Waals surface area contributed by atoms with E-state index in [2.05, 4.69) is 73.7 Å². The van der Waals surface area contributed by atoms with E-state index in [1.165, 1.54) is 11.1 Å². The molecule has 0 spiro atoms. The Morgan fingerprint density at radius 2 is 1.31 bits per heavy atom. The third-order valence-electron chi connectivity index (χ3n) is 5.67. The van der Waals surface area contributed by atoms with Gasteiger partial charge in [0, 0.05) is 18.0 Å². The molecule has 5 nitrogen and oxygen atoms in total. The van der Waals surface area contributed by atoms with E-state index in [4.69, 9.17) is 0 Å². The van der Waals surface area contributed by atoms with Crippen molar-refractivity contribution in [3.8, 4) is 33.8 Å². The van der Waals surface area contributed by atoms with Gasteiger partial charge in [0.2, 0.25) is 0 Å². The minimum absolute atomic E-state index is 0.773. The van der Waals surface area contributed by atoms with Crippen LogP contribution in [0.4, 0.5) is 0 Å². The first-order valence-corrected chi connectivity index (χ1v) is 10.5. The van der Waals surface area contributed by atoms with E-state index in [-0.39, 0.29) is 0 Å². The molecule has 0 amide bonds. The summed E-state index contributed by atoms with van der Waals surface area (Å²) in [6.07, 6.45) is 13.8. The lowest BCUT2D eigenvalue weighted by atomic mass is 10.1. The second-order valence-electron chi connectivity index (χ2n) is 7.65. The molecule has 0 aromatic heterocycles. The van der Waals surface area contributed by atoms with Crippen LogP contribution in [0.1, 0.15) is 22.5 Å². The van der Waals surface area contributed by atoms with Gasteiger partial charge < -0.3 is 9.97 Å². The fraction of sp³-hybridized carbons (Fsp3) is 0. The number of rotatable bonds is 4. The summed E-state index contributed by atoms with van der Waals surface area (Å²) in [6, 6.07) is 20.7. The van der Waals surface area contributed by atoms with Crippen molar-refractivity contribution in [3.63, 3.8) is 0 Å². The summed E-state index contributed by atoms with van der Waals surface area (Å²) >= 11 is 0. The molecule has 0 radical (unpaired) electrons. The van der Waals surface area contributed by atoms with Crippen molar-refractivity contribution < 1.29 is 0 Å². The number of hydrogen-bond donors (Lipinski definition) is 2. The molecule has 0 saturated carbocycles. The van der Waals surface area contributed by atoms with Gasteiger partial charge in [-0.1, -0.05) is 48.6 Å². The van der Waals surface area contributed by atoms with Crippen LogP contribution in [-0.4, -0.2) is 25.1 Å². The number of pyridine rings is 2. The quantitative estimate of drug-likeness (QED) is 0.362. The second-order valence-corrected chi connectivity index (χ2v) is 7.65. The fourth-order valence-electron chi connectivity index (χ4n) is 4.01. The lowest BCUT2D eigenvalue weighted by molar-refractivity contribution is 1.08. The van der Waals surface area contributed by atoms with Gasteiger partial charge in [0.25, 0.3) is 0 Å². The number of hydrogen-bond acceptors (Lipinski definition) is 3. The summed E-state index contributed by atoms with van der Waals surface area (Å²) in [4.78, 5) is 11.2. The van der Waals surface area contributed by atoms with Crippen molar-refractivity contribution >= 4 is 24.3 Å². The molecule has 6 aliphatic rings. The zero-order chi connectivity index (χ0) is 21.3. The minimum Gasteiger partial charge on any atom is -0.361 e. The number of aromatic nitrogens is 5. The van der Waals surface area contributed by atoms with Crippen LogP contribution in [-0.2, 0) is 0 Å². The van der Waals surface area contributed by atoms with E-state index in [9.17, 15) is 0 Å². The normalized spacial score (nSPS) is 12.1. The molecule has 0 saturated heterocycles. The van der Waals surface area contributed by atoms with Gasteiger partial charge in [-0.2, -0.15) is 0 Å². The molecule has 0 bridgehead atoms. The molecule has 0 aromatic rings. The summed E-state index contributed by atoms with van der Waals surface area (Å²) in [7, 11) is 0. The van der Waals surface area contributed by atoms with Crippen LogP contribution in [0.2, 0.25) is 0 Å². The standard InChI is InChI=1S/C27H19N5/c1-3-18-5-7-20(26(18)28-15-1)9-11-22-12-13-23-24(31-32-25(23)17-30-22)14-10-21-8-6-19-4-2-16-29-27(19)21/h1-17,28-29H/b11-9+,14-10+. The van der Waals surface area contributed by atoms with Crippen molar-refractivity contribution in [1.29, 1.82) is 0 Å². The smallest absolute Gasteiger partial charge is 0.113 e. The fourth-order valence-corrected chi connectivity index (χ4v) is 4.01. The molecule has 2 N–H and O–H groups in total. The molecular weight excluding hydrogens is 394 g/mol. The number of fused-ring (bicyclic) bond motifs is 3. The van der Waals surface area contributed by atoms with Crippen LogP contribution in [0.3, 0.4) is 0 Å². The number of H-pyrrole nitrogens is 2. The summed E-state index contributed by atoms with van der Waals surface area (Å²) in [5, 5.41) is 8.66. The first-order chi connectivity index (χ1) is 15.8. The topological polar surface area (TPSA) is 70.2 Å². The summed E-state index contributed by atoms with van der Waals surface area (Å²) in [5.41, 5.74) is 10.3. The van der Waals surface area contributed by atoms with Crippen molar-refractivity contribution in [2.24, 2.45) is 0 Å². The molecule has 2 aliphatic carbocycles. The third kappa shape index (κ3) is 3.26. The van der Waals surface area contributed by atoms with Gasteiger partial charge >= 0.3 is 0 Å². The minimum atomic E-state index is 0.773. The largest absolute Gasteiger partial charge is 0.361 e. The molecule has 0 fully saturated rings. The molecule has 4 heterocycles. The van der Waals surface area contributed by atoms with Crippen molar-refractivity contribution in [2.45, 2.75) is 0 Å². The average Bonchev–Trinajstić information content (AvgIpc) is 3.51. The molecule has 0 atom stereocenters. The molecule has 4 aliphatic heterocycles. The van der Waals surface area contributed by atoms with Gasteiger partial charge in [-0.15, -0.1) is 10.2 Å². The zero-order valence-electron chi connectivity index (χ0n) is 17.2. The number of nitrogens with one attached hydrogen (secondary N) is 2. The van der Waals surface area contributed by atoms with Gasteiger partial charge in [-0.05, 0) is 58.7 Å². The summed E-state index contributed by atoms with van der Waals surface area (Å²) in [5.74, 6) is 0. The Morgan fingerprint density at radius 3 is 2.03 bits per heavy atom. The summed E-state index contributed by atoms with van der Waals surface area (Å²) in [6.45, 7) is 0. The maximum absolute atomic E-state index is 4.58. The highest BCUT2D eigenvalue weighted by atomic mass is 15.1. The molecule has 152 valence electrons. The molecular formula is C27H19N5. The van der Waals surface area contributed by atoms with Crippen molar-refractivity contribution in [2.75, 3.05) is 0 Å². The Balaban J connectivity index is 1.29. The van der Waals surface area contributed by atoms with E-state index in [0.29, 0.717) is 0 Å². The lowest BCUT2D eigenvalue weighted by Crippen LogP contribution is -1.81. The molecule has 6 rings (SSSR count). The van der Waals surface area contributed by atoms with E-state index in [1.807, 2.05) is 48.8 Å². The predicted octanol–water partition coefficient (Wildman–Crippen LogP) is 6.18. The van der Waals surface area contributed by atoms with Crippen LogP contribution in [0, 0.1) is 0 Å². The van der Waals surface area contributed by atoms with E-state index in [0.717, 1.165) is 45.2 Å². The van der Waals surface area contributed by atoms with Crippen LogP contribution in [0.15, 0.2) is 79.3 Å². The first kappa shape index (κ1) is 18.3. The highest BCUT2D eigenvalue weighted by Crippen LogP contribution is 2.29. The number of aromatic amines is 2. The van der Waals surface area contributed by atoms with Gasteiger partial charge in [0.15, 0.2) is 0 Å². The average molecular weight is 413 g/mol. The molecule has 32 heavy (non-hydrogen) atoms. The Hall–Kier alpha value is -4.51. The zero-order valence-corrected chi connectivity index (χ0v) is 17.2. The predicted molar refractivity (Wildman–Crippen MR) is 129 cm³/mol. The Labute approximate surface area is 185 Å². The van der Waals surface area contributed by atoms with Crippen LogP contribution >= 0.6 is 0 Å². The second kappa shape index (κ2) is 7.63. The molecule has 0 unspecified atom stereocenters. The van der Waals surface area contributed by atoms with Crippen LogP contribution < -0.4 is 0 Å². The highest BCUT2D eigenvalue weighted by Gasteiger charge is 2.12. The highest BCUT2D eigenvalue weighted by molar-refractivity contribution is 5.84. The van der Waals surface area contributed by atoms with Gasteiger partial charge in [-0.25, -0.2) is 0 Å². The van der Waals surface area contributed by atoms with Crippen LogP contribution in [0.5, 0.6) is 0 Å². The van der Waals surface area contributed by atoms with Crippen LogP contribution in [0.25, 0.3) is 58.1 Å². The number of nitrogens with zero attached hydrogens (tertiary/aromatic N) is 3. The van der Waals surface area contributed by atoms with Crippen molar-refractivity contribution in [3.05, 3.63) is 102 Å². The lowest BCUT2D eigenvalue weighted by Gasteiger charge is -1.99. The summed E-state index contributed by atoms with van der Waals surface area (Å²) < 4.78 is 0. The first-order valence-electron chi connectivity index (χ1n) is 10.5. The van der Waals surface area contributed by atoms with Gasteiger partial charge in [-0.3, -0.25) is 4.98 Å². The molecule has 5 heteroatoms. The van der Waals surface area contributed by atoms with E-state index < -0.39 is 0 Å². The monoisotopic (exact) mass is 413 g/mol. The molecule has 0 aromatic carbocycles. The van der Waals surface area contributed by atoms with Gasteiger partial charge in [0.05, 0.1) is 29.0 Å². The van der Waals surface area contributed by atoms with Crippen molar-refractivity contribution in [1.82, 2.24) is 25.1 Å². The third-order valence-corrected chi connectivity index (χ3v) is 5.67. The Morgan fingerprint density at radius 1 is 0.625 bits per heavy atom. The maximum Gasteiger partial charge on any atom is 0.113 e. The van der Waals surface area contributed by atoms with E-state index in [1.54, 1.807) is 6.20 Å².